The molecule has 1 aliphatic heterocycles. The maximum atomic E-state index is 13.1. The molecule has 1 fully saturated rings. The van der Waals surface area contributed by atoms with Gasteiger partial charge in [-0.25, -0.2) is 0 Å². The molecule has 3 aromatic carbocycles. The molecule has 4 rings (SSSR count). The van der Waals surface area contributed by atoms with E-state index in [-0.39, 0.29) is 28.5 Å². The standard InChI is InChI=1S/C24H17ClN2O5S2/c1-31-20-10-16(19(27(29)30)13-21(20)32-14-15-6-3-2-4-7-15)11-22-23(28)26(24(33)34-22)18-9-5-8-17(25)12-18/h2-13H,14H2,1H3/b22-11-. The summed E-state index contributed by atoms with van der Waals surface area (Å²) in [7, 11) is 1.44. The van der Waals surface area contributed by atoms with Gasteiger partial charge in [-0.05, 0) is 35.9 Å². The molecular formula is C24H17ClN2O5S2. The van der Waals surface area contributed by atoms with Gasteiger partial charge >= 0.3 is 0 Å². The summed E-state index contributed by atoms with van der Waals surface area (Å²) in [6.45, 7) is 0.214. The average molecular weight is 513 g/mol. The minimum absolute atomic E-state index is 0.195. The van der Waals surface area contributed by atoms with Crippen molar-refractivity contribution in [2.75, 3.05) is 12.0 Å². The van der Waals surface area contributed by atoms with Gasteiger partial charge in [-0.15, -0.1) is 0 Å². The number of nitro groups is 1. The molecule has 0 N–H and O–H groups in total. The average Bonchev–Trinajstić information content (AvgIpc) is 3.10. The third kappa shape index (κ3) is 5.06. The number of nitro benzene ring substituents is 1. The summed E-state index contributed by atoms with van der Waals surface area (Å²) < 4.78 is 11.5. The van der Waals surface area contributed by atoms with E-state index in [4.69, 9.17) is 33.3 Å². The second-order valence-electron chi connectivity index (χ2n) is 7.09. The van der Waals surface area contributed by atoms with Crippen LogP contribution in [-0.2, 0) is 11.4 Å². The minimum Gasteiger partial charge on any atom is -0.493 e. The number of nitrogens with zero attached hydrogens (tertiary/aromatic N) is 2. The molecule has 0 unspecified atom stereocenters. The van der Waals surface area contributed by atoms with Crippen LogP contribution in [0.5, 0.6) is 11.5 Å². The Bertz CT molecular complexity index is 1310. The number of halogens is 1. The van der Waals surface area contributed by atoms with Crippen molar-refractivity contribution in [1.82, 2.24) is 0 Å². The van der Waals surface area contributed by atoms with Gasteiger partial charge in [0.2, 0.25) is 0 Å². The first-order valence-electron chi connectivity index (χ1n) is 9.94. The summed E-state index contributed by atoms with van der Waals surface area (Å²) in [6, 6.07) is 18.9. The van der Waals surface area contributed by atoms with E-state index >= 15 is 0 Å². The van der Waals surface area contributed by atoms with Crippen LogP contribution in [0, 0.1) is 10.1 Å². The number of hydrogen-bond donors (Lipinski definition) is 0. The number of anilines is 1. The lowest BCUT2D eigenvalue weighted by Gasteiger charge is -2.14. The first kappa shape index (κ1) is 23.7. The van der Waals surface area contributed by atoms with Crippen molar-refractivity contribution in [3.05, 3.63) is 97.9 Å². The lowest BCUT2D eigenvalue weighted by Crippen LogP contribution is -2.27. The smallest absolute Gasteiger partial charge is 0.280 e. The molecule has 0 aromatic heterocycles. The molecular weight excluding hydrogens is 496 g/mol. The van der Waals surface area contributed by atoms with Crippen molar-refractivity contribution in [2.45, 2.75) is 6.61 Å². The second-order valence-corrected chi connectivity index (χ2v) is 9.20. The van der Waals surface area contributed by atoms with Gasteiger partial charge in [0.05, 0.1) is 34.3 Å². The van der Waals surface area contributed by atoms with Gasteiger partial charge in [0, 0.05) is 5.02 Å². The van der Waals surface area contributed by atoms with Gasteiger partial charge in [0.25, 0.3) is 11.6 Å². The Morgan fingerprint density at radius 2 is 1.88 bits per heavy atom. The van der Waals surface area contributed by atoms with Crippen LogP contribution in [0.3, 0.4) is 0 Å². The van der Waals surface area contributed by atoms with Crippen LogP contribution in [0.2, 0.25) is 5.02 Å². The molecule has 1 saturated heterocycles. The van der Waals surface area contributed by atoms with E-state index in [0.29, 0.717) is 20.8 Å². The largest absolute Gasteiger partial charge is 0.493 e. The highest BCUT2D eigenvalue weighted by molar-refractivity contribution is 8.27. The molecule has 7 nitrogen and oxygen atoms in total. The number of carbonyl (C=O) groups excluding carboxylic acids is 1. The summed E-state index contributed by atoms with van der Waals surface area (Å²) >= 11 is 12.5. The molecule has 0 aliphatic carbocycles. The van der Waals surface area contributed by atoms with Crippen LogP contribution >= 0.6 is 35.6 Å². The first-order valence-corrected chi connectivity index (χ1v) is 11.5. The van der Waals surface area contributed by atoms with Gasteiger partial charge in [0.15, 0.2) is 15.8 Å². The van der Waals surface area contributed by atoms with Crippen molar-refractivity contribution in [1.29, 1.82) is 0 Å². The van der Waals surface area contributed by atoms with Crippen LogP contribution in [-0.4, -0.2) is 22.3 Å². The van der Waals surface area contributed by atoms with Crippen molar-refractivity contribution in [2.24, 2.45) is 0 Å². The van der Waals surface area contributed by atoms with Crippen LogP contribution in [0.25, 0.3) is 6.08 Å². The van der Waals surface area contributed by atoms with Crippen molar-refractivity contribution in [3.8, 4) is 11.5 Å². The Kier molecular flexibility index (Phi) is 7.16. The molecule has 10 heteroatoms. The van der Waals surface area contributed by atoms with E-state index in [1.165, 1.54) is 30.2 Å². The molecule has 3 aromatic rings. The molecule has 1 amide bonds. The molecule has 172 valence electrons. The predicted octanol–water partition coefficient (Wildman–Crippen LogP) is 6.24. The van der Waals surface area contributed by atoms with Gasteiger partial charge in [-0.2, -0.15) is 0 Å². The monoisotopic (exact) mass is 512 g/mol. The molecule has 0 bridgehead atoms. The number of ether oxygens (including phenoxy) is 2. The van der Waals surface area contributed by atoms with E-state index in [0.717, 1.165) is 17.3 Å². The Hall–Kier alpha value is -3.40. The zero-order valence-corrected chi connectivity index (χ0v) is 20.2. The summed E-state index contributed by atoms with van der Waals surface area (Å²) in [5.74, 6) is 0.134. The Morgan fingerprint density at radius 1 is 1.12 bits per heavy atom. The Morgan fingerprint density at radius 3 is 2.56 bits per heavy atom. The third-order valence-corrected chi connectivity index (χ3v) is 6.43. The Balaban J connectivity index is 1.67. The van der Waals surface area contributed by atoms with E-state index < -0.39 is 10.8 Å². The van der Waals surface area contributed by atoms with Crippen molar-refractivity contribution < 1.29 is 19.2 Å². The normalized spacial score (nSPS) is 14.5. The number of methoxy groups -OCH3 is 1. The highest BCUT2D eigenvalue weighted by atomic mass is 35.5. The molecule has 0 saturated carbocycles. The van der Waals surface area contributed by atoms with Gasteiger partial charge in [0.1, 0.15) is 6.61 Å². The predicted molar refractivity (Wildman–Crippen MR) is 138 cm³/mol. The Labute approximate surface area is 210 Å². The summed E-state index contributed by atoms with van der Waals surface area (Å²) in [5.41, 5.74) is 1.40. The fraction of sp³-hybridized carbons (Fsp3) is 0.0833. The lowest BCUT2D eigenvalue weighted by molar-refractivity contribution is -0.385. The number of carbonyl (C=O) groups is 1. The second kappa shape index (κ2) is 10.3. The third-order valence-electron chi connectivity index (χ3n) is 4.89. The maximum Gasteiger partial charge on any atom is 0.280 e. The quantitative estimate of drug-likeness (QED) is 0.160. The van der Waals surface area contributed by atoms with E-state index in [1.54, 1.807) is 24.3 Å². The fourth-order valence-electron chi connectivity index (χ4n) is 3.29. The SMILES string of the molecule is COc1cc(/C=C2\SC(=S)N(c3cccc(Cl)c3)C2=O)c([N+](=O)[O-])cc1OCc1ccccc1. The van der Waals surface area contributed by atoms with E-state index in [2.05, 4.69) is 0 Å². The first-order chi connectivity index (χ1) is 16.4. The highest BCUT2D eigenvalue weighted by Crippen LogP contribution is 2.40. The van der Waals surface area contributed by atoms with Gasteiger partial charge in [-0.3, -0.25) is 19.8 Å². The minimum atomic E-state index is -0.529. The zero-order chi connectivity index (χ0) is 24.2. The van der Waals surface area contributed by atoms with Crippen LogP contribution in [0.4, 0.5) is 11.4 Å². The molecule has 0 spiro atoms. The fourth-order valence-corrected chi connectivity index (χ4v) is 4.77. The number of benzene rings is 3. The van der Waals surface area contributed by atoms with Crippen LogP contribution in [0.15, 0.2) is 71.6 Å². The molecule has 0 radical (unpaired) electrons. The summed E-state index contributed by atoms with van der Waals surface area (Å²) in [5, 5.41) is 12.3. The van der Waals surface area contributed by atoms with Crippen LogP contribution in [0.1, 0.15) is 11.1 Å². The number of thiocarbonyl (C=S) groups is 1. The maximum absolute atomic E-state index is 13.1. The number of hydrogen-bond acceptors (Lipinski definition) is 7. The van der Waals surface area contributed by atoms with E-state index in [9.17, 15) is 14.9 Å². The highest BCUT2D eigenvalue weighted by Gasteiger charge is 2.34. The number of amides is 1. The molecule has 0 atom stereocenters. The number of thioether (sulfide) groups is 1. The molecule has 34 heavy (non-hydrogen) atoms. The topological polar surface area (TPSA) is 81.9 Å². The summed E-state index contributed by atoms with van der Waals surface area (Å²) in [6.07, 6.45) is 1.44. The van der Waals surface area contributed by atoms with Crippen molar-refractivity contribution >= 4 is 63.3 Å². The van der Waals surface area contributed by atoms with Crippen molar-refractivity contribution in [3.63, 3.8) is 0 Å². The lowest BCUT2D eigenvalue weighted by atomic mass is 10.1. The number of rotatable bonds is 7. The summed E-state index contributed by atoms with van der Waals surface area (Å²) in [4.78, 5) is 26.0. The zero-order valence-electron chi connectivity index (χ0n) is 17.8. The van der Waals surface area contributed by atoms with Crippen LogP contribution < -0.4 is 14.4 Å². The van der Waals surface area contributed by atoms with Gasteiger partial charge in [-0.1, -0.05) is 72.0 Å². The molecule has 1 heterocycles. The van der Waals surface area contributed by atoms with Gasteiger partial charge < -0.3 is 9.47 Å². The molecule has 1 aliphatic rings. The van der Waals surface area contributed by atoms with E-state index in [1.807, 2.05) is 30.3 Å².